The summed E-state index contributed by atoms with van der Waals surface area (Å²) in [6.45, 7) is 8.40. The molecule has 1 saturated heterocycles. The van der Waals surface area contributed by atoms with Crippen LogP contribution in [-0.2, 0) is 0 Å². The number of nitrogens with two attached hydrogens (primary N) is 1. The normalized spacial score (nSPS) is 21.1. The van der Waals surface area contributed by atoms with Crippen LogP contribution >= 0.6 is 0 Å². The summed E-state index contributed by atoms with van der Waals surface area (Å²) in [6.07, 6.45) is 1.49. The predicted molar refractivity (Wildman–Crippen MR) is 71.9 cm³/mol. The van der Waals surface area contributed by atoms with Gasteiger partial charge in [-0.15, -0.1) is 0 Å². The van der Waals surface area contributed by atoms with Crippen molar-refractivity contribution in [1.29, 1.82) is 0 Å². The second kappa shape index (κ2) is 5.39. The minimum atomic E-state index is 0.396. The molecule has 0 spiro atoms. The number of aromatic nitrogens is 2. The third kappa shape index (κ3) is 2.33. The van der Waals surface area contributed by atoms with Crippen molar-refractivity contribution in [3.8, 4) is 5.75 Å². The number of rotatable bonds is 3. The summed E-state index contributed by atoms with van der Waals surface area (Å²) >= 11 is 0. The van der Waals surface area contributed by atoms with Crippen LogP contribution in [0.3, 0.4) is 0 Å². The lowest BCUT2D eigenvalue weighted by Gasteiger charge is -2.40. The molecule has 1 fully saturated rings. The highest BCUT2D eigenvalue weighted by Gasteiger charge is 2.26. The van der Waals surface area contributed by atoms with Crippen LogP contribution in [0, 0.1) is 0 Å². The van der Waals surface area contributed by atoms with Crippen molar-refractivity contribution in [2.24, 2.45) is 0 Å². The first-order valence-electron chi connectivity index (χ1n) is 6.30. The SMILES string of the molecule is CCN1CCN(c2ncnc(N)c2OC)CC1C. The number of nitrogen functional groups attached to an aromatic ring is 1. The van der Waals surface area contributed by atoms with Crippen LogP contribution in [0.2, 0.25) is 0 Å². The fourth-order valence-corrected chi connectivity index (χ4v) is 2.46. The smallest absolute Gasteiger partial charge is 0.204 e. The Kier molecular flexibility index (Phi) is 3.86. The Morgan fingerprint density at radius 1 is 1.44 bits per heavy atom. The van der Waals surface area contributed by atoms with Gasteiger partial charge in [-0.2, -0.15) is 0 Å². The highest BCUT2D eigenvalue weighted by Crippen LogP contribution is 2.30. The minimum absolute atomic E-state index is 0.396. The van der Waals surface area contributed by atoms with Gasteiger partial charge in [-0.3, -0.25) is 4.90 Å². The van der Waals surface area contributed by atoms with Gasteiger partial charge in [0, 0.05) is 25.7 Å². The van der Waals surface area contributed by atoms with Gasteiger partial charge in [0.2, 0.25) is 5.75 Å². The maximum Gasteiger partial charge on any atom is 0.204 e. The molecule has 2 rings (SSSR count). The van der Waals surface area contributed by atoms with Crippen LogP contribution in [0.15, 0.2) is 6.33 Å². The molecule has 2 heterocycles. The Hall–Kier alpha value is -1.56. The average Bonchev–Trinajstić information content (AvgIpc) is 2.38. The van der Waals surface area contributed by atoms with Crippen LogP contribution in [-0.4, -0.2) is 54.2 Å². The molecule has 1 aromatic rings. The molecule has 1 unspecified atom stereocenters. The van der Waals surface area contributed by atoms with Gasteiger partial charge in [0.25, 0.3) is 0 Å². The molecule has 0 saturated carbocycles. The molecule has 6 heteroatoms. The third-order valence-electron chi connectivity index (χ3n) is 3.49. The first kappa shape index (κ1) is 12.9. The maximum absolute atomic E-state index is 5.81. The van der Waals surface area contributed by atoms with Crippen molar-refractivity contribution in [3.63, 3.8) is 0 Å². The van der Waals surface area contributed by atoms with Gasteiger partial charge < -0.3 is 15.4 Å². The summed E-state index contributed by atoms with van der Waals surface area (Å²) in [6, 6.07) is 0.504. The van der Waals surface area contributed by atoms with E-state index in [2.05, 4.69) is 33.6 Å². The Morgan fingerprint density at radius 2 is 2.22 bits per heavy atom. The molecule has 1 aromatic heterocycles. The lowest BCUT2D eigenvalue weighted by molar-refractivity contribution is 0.198. The first-order valence-corrected chi connectivity index (χ1v) is 6.30. The van der Waals surface area contributed by atoms with Crippen molar-refractivity contribution in [2.75, 3.05) is 43.9 Å². The van der Waals surface area contributed by atoms with Crippen LogP contribution in [0.4, 0.5) is 11.6 Å². The standard InChI is InChI=1S/C12H21N5O/c1-4-16-5-6-17(7-9(16)2)12-10(18-3)11(13)14-8-15-12/h8-9H,4-7H2,1-3H3,(H2,13,14,15). The second-order valence-electron chi connectivity index (χ2n) is 4.54. The molecule has 0 aliphatic carbocycles. The lowest BCUT2D eigenvalue weighted by Crippen LogP contribution is -2.52. The molecule has 2 N–H and O–H groups in total. The van der Waals surface area contributed by atoms with Gasteiger partial charge in [-0.05, 0) is 13.5 Å². The van der Waals surface area contributed by atoms with E-state index in [0.29, 0.717) is 17.6 Å². The zero-order valence-electron chi connectivity index (χ0n) is 11.3. The Labute approximate surface area is 108 Å². The molecule has 0 radical (unpaired) electrons. The van der Waals surface area contributed by atoms with Crippen LogP contribution < -0.4 is 15.4 Å². The molecule has 100 valence electrons. The zero-order valence-corrected chi connectivity index (χ0v) is 11.3. The zero-order chi connectivity index (χ0) is 13.1. The fraction of sp³-hybridized carbons (Fsp3) is 0.667. The van der Waals surface area contributed by atoms with Gasteiger partial charge >= 0.3 is 0 Å². The Balaban J connectivity index is 2.20. The number of methoxy groups -OCH3 is 1. The van der Waals surface area contributed by atoms with E-state index in [1.165, 1.54) is 6.33 Å². The van der Waals surface area contributed by atoms with Gasteiger partial charge in [0.15, 0.2) is 11.6 Å². The van der Waals surface area contributed by atoms with E-state index < -0.39 is 0 Å². The van der Waals surface area contributed by atoms with Gasteiger partial charge in [-0.25, -0.2) is 9.97 Å². The van der Waals surface area contributed by atoms with Gasteiger partial charge in [0.05, 0.1) is 7.11 Å². The molecule has 6 nitrogen and oxygen atoms in total. The van der Waals surface area contributed by atoms with Crippen molar-refractivity contribution in [2.45, 2.75) is 19.9 Å². The minimum Gasteiger partial charge on any atom is -0.490 e. The second-order valence-corrected chi connectivity index (χ2v) is 4.54. The fourth-order valence-electron chi connectivity index (χ4n) is 2.46. The number of piperazine rings is 1. The number of likely N-dealkylation sites (N-methyl/N-ethyl adjacent to an activating group) is 1. The number of hydrogen-bond acceptors (Lipinski definition) is 6. The number of ether oxygens (including phenoxy) is 1. The molecule has 18 heavy (non-hydrogen) atoms. The maximum atomic E-state index is 5.81. The van der Waals surface area contributed by atoms with E-state index in [-0.39, 0.29) is 0 Å². The summed E-state index contributed by atoms with van der Waals surface area (Å²) in [4.78, 5) is 12.9. The summed E-state index contributed by atoms with van der Waals surface area (Å²) < 4.78 is 5.31. The monoisotopic (exact) mass is 251 g/mol. The first-order chi connectivity index (χ1) is 8.67. The highest BCUT2D eigenvalue weighted by molar-refractivity contribution is 5.62. The topological polar surface area (TPSA) is 67.5 Å². The van der Waals surface area contributed by atoms with Crippen molar-refractivity contribution in [3.05, 3.63) is 6.33 Å². The average molecular weight is 251 g/mol. The number of nitrogens with zero attached hydrogens (tertiary/aromatic N) is 4. The predicted octanol–water partition coefficient (Wildman–Crippen LogP) is 0.598. The van der Waals surface area contributed by atoms with E-state index >= 15 is 0 Å². The van der Waals surface area contributed by atoms with E-state index in [1.807, 2.05) is 0 Å². The summed E-state index contributed by atoms with van der Waals surface area (Å²) in [7, 11) is 1.60. The largest absolute Gasteiger partial charge is 0.490 e. The highest BCUT2D eigenvalue weighted by atomic mass is 16.5. The van der Waals surface area contributed by atoms with E-state index in [1.54, 1.807) is 7.11 Å². The molecular formula is C12H21N5O. The number of hydrogen-bond donors (Lipinski definition) is 1. The van der Waals surface area contributed by atoms with Crippen LogP contribution in [0.5, 0.6) is 5.75 Å². The van der Waals surface area contributed by atoms with E-state index in [9.17, 15) is 0 Å². The van der Waals surface area contributed by atoms with Crippen molar-refractivity contribution >= 4 is 11.6 Å². The lowest BCUT2D eigenvalue weighted by atomic mass is 10.2. The summed E-state index contributed by atoms with van der Waals surface area (Å²) in [5, 5.41) is 0. The van der Waals surface area contributed by atoms with E-state index in [4.69, 9.17) is 10.5 Å². The summed E-state index contributed by atoms with van der Waals surface area (Å²) in [5.74, 6) is 1.77. The van der Waals surface area contributed by atoms with Crippen LogP contribution in [0.25, 0.3) is 0 Å². The quantitative estimate of drug-likeness (QED) is 0.848. The summed E-state index contributed by atoms with van der Waals surface area (Å²) in [5.41, 5.74) is 5.81. The molecule has 0 bridgehead atoms. The van der Waals surface area contributed by atoms with Gasteiger partial charge in [0.1, 0.15) is 6.33 Å². The van der Waals surface area contributed by atoms with Crippen molar-refractivity contribution < 1.29 is 4.74 Å². The molecule has 1 aliphatic rings. The molecule has 1 aliphatic heterocycles. The van der Waals surface area contributed by atoms with Crippen LogP contribution in [0.1, 0.15) is 13.8 Å². The Bertz CT molecular complexity index is 411. The Morgan fingerprint density at radius 3 is 2.83 bits per heavy atom. The number of anilines is 2. The molecule has 0 amide bonds. The third-order valence-corrected chi connectivity index (χ3v) is 3.49. The molecule has 1 atom stereocenters. The van der Waals surface area contributed by atoms with Crippen molar-refractivity contribution in [1.82, 2.24) is 14.9 Å². The van der Waals surface area contributed by atoms with E-state index in [0.717, 1.165) is 32.0 Å². The van der Waals surface area contributed by atoms with Gasteiger partial charge in [-0.1, -0.05) is 6.92 Å². The molecular weight excluding hydrogens is 230 g/mol. The molecule has 0 aromatic carbocycles.